The highest BCUT2D eigenvalue weighted by Crippen LogP contribution is 2.28. The van der Waals surface area contributed by atoms with E-state index in [4.69, 9.17) is 0 Å². The smallest absolute Gasteiger partial charge is 0.297 e. The molecule has 0 aromatic carbocycles. The van der Waals surface area contributed by atoms with Gasteiger partial charge in [-0.1, -0.05) is 24.3 Å². The molecule has 0 saturated carbocycles. The summed E-state index contributed by atoms with van der Waals surface area (Å²) in [6, 6.07) is 0. The minimum atomic E-state index is -0.566. The highest BCUT2D eigenvalue weighted by molar-refractivity contribution is 5.78. The second-order valence-electron chi connectivity index (χ2n) is 3.19. The Labute approximate surface area is 78.0 Å². The van der Waals surface area contributed by atoms with E-state index >= 15 is 0 Å². The molecule has 13 heavy (non-hydrogen) atoms. The van der Waals surface area contributed by atoms with Gasteiger partial charge in [0.1, 0.15) is 0 Å². The molecule has 1 rings (SSSR count). The van der Waals surface area contributed by atoms with E-state index < -0.39 is 5.41 Å². The highest BCUT2D eigenvalue weighted by Gasteiger charge is 2.32. The van der Waals surface area contributed by atoms with Crippen LogP contribution >= 0.6 is 0 Å². The number of rotatable bonds is 3. The Morgan fingerprint density at radius 2 is 2.31 bits per heavy atom. The van der Waals surface area contributed by atoms with Crippen molar-refractivity contribution in [2.75, 3.05) is 6.61 Å². The van der Waals surface area contributed by atoms with Gasteiger partial charge in [0.15, 0.2) is 0 Å². The predicted molar refractivity (Wildman–Crippen MR) is 48.7 cm³/mol. The molecule has 3 nitrogen and oxygen atoms in total. The fourth-order valence-corrected chi connectivity index (χ4v) is 1.09. The Balaban J connectivity index is 2.54. The summed E-state index contributed by atoms with van der Waals surface area (Å²) in [5.41, 5.74) is -0.566. The van der Waals surface area contributed by atoms with E-state index in [0.717, 1.165) is 0 Å². The maximum Gasteiger partial charge on any atom is 0.352 e. The lowest BCUT2D eigenvalue weighted by molar-refractivity contribution is -0.276. The molecule has 0 aliphatic heterocycles. The number of hydrogen-bond donors (Lipinski definition) is 0. The molecule has 0 spiro atoms. The molecule has 0 N–H and O–H groups in total. The standard InChI is InChI=1S/C10H14O3/c1-3-12-13-9(11)10(2)7-5-4-6-8-10/h4-7H,3,8H2,1-2H3. The van der Waals surface area contributed by atoms with Crippen molar-refractivity contribution in [1.82, 2.24) is 0 Å². The average Bonchev–Trinajstić information content (AvgIpc) is 2.15. The van der Waals surface area contributed by atoms with E-state index in [1.165, 1.54) is 0 Å². The van der Waals surface area contributed by atoms with Crippen molar-refractivity contribution < 1.29 is 14.6 Å². The second-order valence-corrected chi connectivity index (χ2v) is 3.19. The van der Waals surface area contributed by atoms with E-state index in [1.54, 1.807) is 6.92 Å². The zero-order valence-corrected chi connectivity index (χ0v) is 7.95. The molecule has 0 saturated heterocycles. The van der Waals surface area contributed by atoms with Gasteiger partial charge in [-0.05, 0) is 20.3 Å². The van der Waals surface area contributed by atoms with Crippen LogP contribution in [0.2, 0.25) is 0 Å². The first-order valence-corrected chi connectivity index (χ1v) is 4.37. The van der Waals surface area contributed by atoms with Crippen LogP contribution in [0.25, 0.3) is 0 Å². The Bertz CT molecular complexity index is 243. The van der Waals surface area contributed by atoms with Crippen LogP contribution in [0, 0.1) is 5.41 Å². The normalized spacial score (nSPS) is 26.0. The third-order valence-electron chi connectivity index (χ3n) is 1.97. The Morgan fingerprint density at radius 3 is 2.85 bits per heavy atom. The first-order valence-electron chi connectivity index (χ1n) is 4.37. The van der Waals surface area contributed by atoms with Gasteiger partial charge in [0, 0.05) is 0 Å². The van der Waals surface area contributed by atoms with Gasteiger partial charge in [-0.3, -0.25) is 4.89 Å². The highest BCUT2D eigenvalue weighted by atomic mass is 17.2. The van der Waals surface area contributed by atoms with Crippen LogP contribution in [0.4, 0.5) is 0 Å². The lowest BCUT2D eigenvalue weighted by atomic mass is 9.84. The van der Waals surface area contributed by atoms with Crippen LogP contribution < -0.4 is 0 Å². The zero-order valence-electron chi connectivity index (χ0n) is 7.95. The molecule has 0 heterocycles. The van der Waals surface area contributed by atoms with E-state index in [-0.39, 0.29) is 5.97 Å². The number of carbonyl (C=O) groups is 1. The van der Waals surface area contributed by atoms with Crippen LogP contribution in [-0.2, 0) is 14.6 Å². The van der Waals surface area contributed by atoms with Crippen molar-refractivity contribution in [2.45, 2.75) is 20.3 Å². The molecule has 0 amide bonds. The van der Waals surface area contributed by atoms with Crippen LogP contribution in [0.5, 0.6) is 0 Å². The maximum absolute atomic E-state index is 11.4. The fraction of sp³-hybridized carbons (Fsp3) is 0.500. The van der Waals surface area contributed by atoms with Gasteiger partial charge in [-0.15, -0.1) is 0 Å². The largest absolute Gasteiger partial charge is 0.352 e. The summed E-state index contributed by atoms with van der Waals surface area (Å²) in [6.07, 6.45) is 8.18. The van der Waals surface area contributed by atoms with Crippen molar-refractivity contribution in [3.63, 3.8) is 0 Å². The van der Waals surface area contributed by atoms with Gasteiger partial charge in [0.25, 0.3) is 0 Å². The molecule has 0 fully saturated rings. The number of hydrogen-bond acceptors (Lipinski definition) is 3. The van der Waals surface area contributed by atoms with Gasteiger partial charge >= 0.3 is 5.97 Å². The van der Waals surface area contributed by atoms with E-state index in [2.05, 4.69) is 9.78 Å². The summed E-state index contributed by atoms with van der Waals surface area (Å²) in [6.45, 7) is 3.97. The molecule has 72 valence electrons. The minimum Gasteiger partial charge on any atom is -0.297 e. The minimum absolute atomic E-state index is 0.338. The third kappa shape index (κ3) is 2.42. The molecular formula is C10H14O3. The van der Waals surface area contributed by atoms with Crippen LogP contribution in [0.15, 0.2) is 24.3 Å². The summed E-state index contributed by atoms with van der Waals surface area (Å²) < 4.78 is 0. The van der Waals surface area contributed by atoms with Gasteiger partial charge in [0.05, 0.1) is 12.0 Å². The van der Waals surface area contributed by atoms with E-state index in [1.807, 2.05) is 31.2 Å². The molecule has 0 aromatic heterocycles. The van der Waals surface area contributed by atoms with Crippen LogP contribution in [-0.4, -0.2) is 12.6 Å². The first kappa shape index (κ1) is 9.99. The summed E-state index contributed by atoms with van der Waals surface area (Å²) in [4.78, 5) is 20.7. The van der Waals surface area contributed by atoms with E-state index in [9.17, 15) is 4.79 Å². The molecule has 0 aromatic rings. The fourth-order valence-electron chi connectivity index (χ4n) is 1.09. The Morgan fingerprint density at radius 1 is 1.54 bits per heavy atom. The number of allylic oxidation sites excluding steroid dienone is 3. The molecule has 1 aliphatic rings. The molecule has 0 bridgehead atoms. The lowest BCUT2D eigenvalue weighted by Gasteiger charge is -2.22. The molecule has 1 aliphatic carbocycles. The van der Waals surface area contributed by atoms with Crippen LogP contribution in [0.3, 0.4) is 0 Å². The summed E-state index contributed by atoms with van der Waals surface area (Å²) >= 11 is 0. The van der Waals surface area contributed by atoms with Crippen molar-refractivity contribution in [3.05, 3.63) is 24.3 Å². The van der Waals surface area contributed by atoms with Crippen molar-refractivity contribution in [3.8, 4) is 0 Å². The molecular weight excluding hydrogens is 168 g/mol. The molecule has 3 heteroatoms. The topological polar surface area (TPSA) is 35.5 Å². The van der Waals surface area contributed by atoms with Crippen molar-refractivity contribution >= 4 is 5.97 Å². The van der Waals surface area contributed by atoms with Crippen molar-refractivity contribution in [2.24, 2.45) is 5.41 Å². The Hall–Kier alpha value is -1.09. The molecule has 0 radical (unpaired) electrons. The zero-order chi connectivity index (χ0) is 9.73. The average molecular weight is 182 g/mol. The summed E-state index contributed by atoms with van der Waals surface area (Å²) in [7, 11) is 0. The van der Waals surface area contributed by atoms with Gasteiger partial charge in [-0.2, -0.15) is 4.89 Å². The molecule has 1 atom stereocenters. The maximum atomic E-state index is 11.4. The molecule has 1 unspecified atom stereocenters. The van der Waals surface area contributed by atoms with Gasteiger partial charge in [-0.25, -0.2) is 4.79 Å². The first-order chi connectivity index (χ1) is 6.19. The SMILES string of the molecule is CCOOC(=O)C1(C)C=CC=CC1. The predicted octanol–water partition coefficient (Wildman–Crippen LogP) is 2.00. The summed E-state index contributed by atoms with van der Waals surface area (Å²) in [5, 5.41) is 0. The van der Waals surface area contributed by atoms with Crippen LogP contribution in [0.1, 0.15) is 20.3 Å². The lowest BCUT2D eigenvalue weighted by Crippen LogP contribution is -2.28. The summed E-state index contributed by atoms with van der Waals surface area (Å²) in [5.74, 6) is -0.338. The Kier molecular flexibility index (Phi) is 3.25. The monoisotopic (exact) mass is 182 g/mol. The third-order valence-corrected chi connectivity index (χ3v) is 1.97. The second kappa shape index (κ2) is 4.23. The van der Waals surface area contributed by atoms with Gasteiger partial charge in [0.2, 0.25) is 0 Å². The van der Waals surface area contributed by atoms with E-state index in [0.29, 0.717) is 13.0 Å². The number of carbonyl (C=O) groups excluding carboxylic acids is 1. The van der Waals surface area contributed by atoms with Gasteiger partial charge < -0.3 is 0 Å². The van der Waals surface area contributed by atoms with Crippen molar-refractivity contribution in [1.29, 1.82) is 0 Å². The quantitative estimate of drug-likeness (QED) is 0.494.